The lowest BCUT2D eigenvalue weighted by atomic mass is 10.0. The molecule has 2 aromatic carbocycles. The van der Waals surface area contributed by atoms with Gasteiger partial charge in [0.15, 0.2) is 0 Å². The summed E-state index contributed by atoms with van der Waals surface area (Å²) in [5.41, 5.74) is 4.43. The second-order valence-corrected chi connectivity index (χ2v) is 6.71. The zero-order valence-electron chi connectivity index (χ0n) is 14.7. The quantitative estimate of drug-likeness (QED) is 0.613. The van der Waals surface area contributed by atoms with Crippen molar-refractivity contribution in [2.24, 2.45) is 0 Å². The number of rotatable bonds is 5. The molecule has 3 rings (SSSR count). The molecule has 0 saturated heterocycles. The standard InChI is InChI=1S/C21H20ClFN2O/c1-13-3-9-18(23)21-20(13)17(14(2)25-21)11-12-24-19(26)10-6-15-4-7-16(22)8-5-15/h3-10,25H,11-12H2,1-2H3,(H,24,26). The molecule has 1 aromatic heterocycles. The second kappa shape index (κ2) is 7.75. The Kier molecular flexibility index (Phi) is 5.43. The van der Waals surface area contributed by atoms with Gasteiger partial charge < -0.3 is 10.3 Å². The number of aromatic amines is 1. The Balaban J connectivity index is 1.64. The fourth-order valence-corrected chi connectivity index (χ4v) is 3.20. The van der Waals surface area contributed by atoms with Crippen molar-refractivity contribution in [3.05, 3.63) is 75.7 Å². The lowest BCUT2D eigenvalue weighted by Crippen LogP contribution is -2.23. The molecular formula is C21H20ClFN2O. The number of nitrogens with one attached hydrogen (secondary N) is 2. The van der Waals surface area contributed by atoms with E-state index < -0.39 is 0 Å². The molecule has 1 heterocycles. The van der Waals surface area contributed by atoms with Gasteiger partial charge in [0.2, 0.25) is 5.91 Å². The number of amides is 1. The molecule has 26 heavy (non-hydrogen) atoms. The molecule has 0 aliphatic carbocycles. The topological polar surface area (TPSA) is 44.9 Å². The monoisotopic (exact) mass is 370 g/mol. The van der Waals surface area contributed by atoms with Gasteiger partial charge in [0.05, 0.1) is 5.52 Å². The molecular weight excluding hydrogens is 351 g/mol. The normalized spacial score (nSPS) is 11.4. The maximum absolute atomic E-state index is 14.0. The molecule has 0 spiro atoms. The van der Waals surface area contributed by atoms with E-state index in [4.69, 9.17) is 11.6 Å². The fourth-order valence-electron chi connectivity index (χ4n) is 3.07. The van der Waals surface area contributed by atoms with Crippen molar-refractivity contribution in [3.63, 3.8) is 0 Å². The SMILES string of the molecule is Cc1[nH]c2c(F)ccc(C)c2c1CCNC(=O)C=Cc1ccc(Cl)cc1. The molecule has 3 nitrogen and oxygen atoms in total. The molecule has 2 N–H and O–H groups in total. The summed E-state index contributed by atoms with van der Waals surface area (Å²) >= 11 is 5.84. The number of carbonyl (C=O) groups is 1. The van der Waals surface area contributed by atoms with Crippen LogP contribution in [0.25, 0.3) is 17.0 Å². The van der Waals surface area contributed by atoms with Crippen LogP contribution in [-0.4, -0.2) is 17.4 Å². The molecule has 5 heteroatoms. The van der Waals surface area contributed by atoms with Crippen LogP contribution in [0.4, 0.5) is 4.39 Å². The third-order valence-electron chi connectivity index (χ3n) is 4.40. The summed E-state index contributed by atoms with van der Waals surface area (Å²) in [7, 11) is 0. The largest absolute Gasteiger partial charge is 0.356 e. The van der Waals surface area contributed by atoms with Crippen molar-refractivity contribution in [1.82, 2.24) is 10.3 Å². The number of hydrogen-bond donors (Lipinski definition) is 2. The van der Waals surface area contributed by atoms with Crippen LogP contribution in [0.5, 0.6) is 0 Å². The van der Waals surface area contributed by atoms with Crippen LogP contribution in [-0.2, 0) is 11.2 Å². The number of aromatic nitrogens is 1. The van der Waals surface area contributed by atoms with Gasteiger partial charge in [-0.15, -0.1) is 0 Å². The van der Waals surface area contributed by atoms with Crippen molar-refractivity contribution in [3.8, 4) is 0 Å². The first-order chi connectivity index (χ1) is 12.5. The van der Waals surface area contributed by atoms with Gasteiger partial charge in [-0.2, -0.15) is 0 Å². The summed E-state index contributed by atoms with van der Waals surface area (Å²) < 4.78 is 14.0. The molecule has 0 aliphatic rings. The maximum atomic E-state index is 14.0. The van der Waals surface area contributed by atoms with Gasteiger partial charge in [-0.1, -0.05) is 29.8 Å². The van der Waals surface area contributed by atoms with Crippen LogP contribution in [0.2, 0.25) is 5.02 Å². The van der Waals surface area contributed by atoms with Crippen LogP contribution in [0.15, 0.2) is 42.5 Å². The number of carbonyl (C=O) groups excluding carboxylic acids is 1. The summed E-state index contributed by atoms with van der Waals surface area (Å²) in [5.74, 6) is -0.421. The van der Waals surface area contributed by atoms with E-state index in [9.17, 15) is 9.18 Å². The van der Waals surface area contributed by atoms with Gasteiger partial charge in [0.25, 0.3) is 0 Å². The van der Waals surface area contributed by atoms with E-state index >= 15 is 0 Å². The number of aryl methyl sites for hydroxylation is 2. The van der Waals surface area contributed by atoms with E-state index in [2.05, 4.69) is 10.3 Å². The number of hydrogen-bond acceptors (Lipinski definition) is 1. The van der Waals surface area contributed by atoms with Crippen LogP contribution in [0.3, 0.4) is 0 Å². The van der Waals surface area contributed by atoms with Crippen molar-refractivity contribution in [2.45, 2.75) is 20.3 Å². The Bertz CT molecular complexity index is 974. The molecule has 1 amide bonds. The second-order valence-electron chi connectivity index (χ2n) is 6.27. The van der Waals surface area contributed by atoms with Crippen molar-refractivity contribution in [2.75, 3.05) is 6.54 Å². The highest BCUT2D eigenvalue weighted by Crippen LogP contribution is 2.27. The summed E-state index contributed by atoms with van der Waals surface area (Å²) in [6, 6.07) is 10.5. The lowest BCUT2D eigenvalue weighted by molar-refractivity contribution is -0.116. The zero-order chi connectivity index (χ0) is 18.7. The molecule has 0 saturated carbocycles. The maximum Gasteiger partial charge on any atom is 0.244 e. The molecule has 0 atom stereocenters. The summed E-state index contributed by atoms with van der Waals surface area (Å²) in [6.45, 7) is 4.37. The van der Waals surface area contributed by atoms with Gasteiger partial charge >= 0.3 is 0 Å². The van der Waals surface area contributed by atoms with Gasteiger partial charge in [-0.05, 0) is 61.2 Å². The van der Waals surface area contributed by atoms with Gasteiger partial charge in [-0.25, -0.2) is 4.39 Å². The smallest absolute Gasteiger partial charge is 0.244 e. The first kappa shape index (κ1) is 18.2. The summed E-state index contributed by atoms with van der Waals surface area (Å²) in [5, 5.41) is 4.44. The highest BCUT2D eigenvalue weighted by Gasteiger charge is 2.13. The average molecular weight is 371 g/mol. The Labute approximate surface area is 156 Å². The highest BCUT2D eigenvalue weighted by atomic mass is 35.5. The third-order valence-corrected chi connectivity index (χ3v) is 4.65. The Morgan fingerprint density at radius 3 is 2.65 bits per heavy atom. The van der Waals surface area contributed by atoms with E-state index in [1.807, 2.05) is 26.0 Å². The van der Waals surface area contributed by atoms with Crippen molar-refractivity contribution in [1.29, 1.82) is 0 Å². The number of H-pyrrole nitrogens is 1. The predicted octanol–water partition coefficient (Wildman–Crippen LogP) is 4.95. The van der Waals surface area contributed by atoms with Crippen LogP contribution in [0, 0.1) is 19.7 Å². The molecule has 0 aliphatic heterocycles. The first-order valence-electron chi connectivity index (χ1n) is 8.43. The van der Waals surface area contributed by atoms with Crippen molar-refractivity contribution >= 4 is 34.5 Å². The summed E-state index contributed by atoms with van der Waals surface area (Å²) in [4.78, 5) is 15.1. The zero-order valence-corrected chi connectivity index (χ0v) is 15.5. The highest BCUT2D eigenvalue weighted by molar-refractivity contribution is 6.30. The minimum absolute atomic E-state index is 0.166. The van der Waals surface area contributed by atoms with Gasteiger partial charge in [0.1, 0.15) is 5.82 Å². The molecule has 134 valence electrons. The molecule has 0 bridgehead atoms. The minimum Gasteiger partial charge on any atom is -0.356 e. The van der Waals surface area contributed by atoms with E-state index in [-0.39, 0.29) is 11.7 Å². The molecule has 0 radical (unpaired) electrons. The third kappa shape index (κ3) is 3.97. The Morgan fingerprint density at radius 1 is 1.19 bits per heavy atom. The molecule has 3 aromatic rings. The number of benzene rings is 2. The van der Waals surface area contributed by atoms with Gasteiger partial charge in [0, 0.05) is 28.7 Å². The lowest BCUT2D eigenvalue weighted by Gasteiger charge is -2.05. The fraction of sp³-hybridized carbons (Fsp3) is 0.190. The number of fused-ring (bicyclic) bond motifs is 1. The first-order valence-corrected chi connectivity index (χ1v) is 8.81. The van der Waals surface area contributed by atoms with E-state index in [0.29, 0.717) is 23.5 Å². The van der Waals surface area contributed by atoms with Crippen LogP contribution >= 0.6 is 11.6 Å². The Hall–Kier alpha value is -2.59. The number of halogens is 2. The average Bonchev–Trinajstić information content (AvgIpc) is 2.96. The molecule has 0 unspecified atom stereocenters. The minimum atomic E-state index is -0.255. The Morgan fingerprint density at radius 2 is 1.92 bits per heavy atom. The van der Waals surface area contributed by atoms with E-state index in [0.717, 1.165) is 27.8 Å². The summed E-state index contributed by atoms with van der Waals surface area (Å²) in [6.07, 6.45) is 3.87. The molecule has 0 fully saturated rings. The predicted molar refractivity (Wildman–Crippen MR) is 105 cm³/mol. The van der Waals surface area contributed by atoms with Crippen LogP contribution in [0.1, 0.15) is 22.4 Å². The van der Waals surface area contributed by atoms with Crippen LogP contribution < -0.4 is 5.32 Å². The van der Waals surface area contributed by atoms with Gasteiger partial charge in [-0.3, -0.25) is 4.79 Å². The van der Waals surface area contributed by atoms with E-state index in [1.165, 1.54) is 12.1 Å². The van der Waals surface area contributed by atoms with Crippen molar-refractivity contribution < 1.29 is 9.18 Å². The van der Waals surface area contributed by atoms with E-state index in [1.54, 1.807) is 24.3 Å².